The fourth-order valence-electron chi connectivity index (χ4n) is 3.58. The predicted octanol–water partition coefficient (Wildman–Crippen LogP) is 8.83. The highest BCUT2D eigenvalue weighted by Crippen LogP contribution is 2.30. The van der Waals surface area contributed by atoms with Crippen molar-refractivity contribution >= 4 is 0 Å². The van der Waals surface area contributed by atoms with E-state index in [-0.39, 0.29) is 0 Å². The van der Waals surface area contributed by atoms with Crippen molar-refractivity contribution in [3.05, 3.63) is 24.8 Å². The van der Waals surface area contributed by atoms with Crippen LogP contribution in [0.15, 0.2) is 24.8 Å². The molecule has 0 spiro atoms. The molecule has 0 nitrogen and oxygen atoms in total. The van der Waals surface area contributed by atoms with Crippen LogP contribution in [0.2, 0.25) is 0 Å². The Morgan fingerprint density at radius 3 is 1.84 bits per heavy atom. The molecule has 0 aliphatic heterocycles. The summed E-state index contributed by atoms with van der Waals surface area (Å²) in [7, 11) is 0. The standard InChI is InChI=1S/C25H48/c1-9-22(6)16-18-25(24(8)15-11-13-21(4)5)19-17-23(7)14-10-12-20(2)3/h9,20-23,25H,1,8,10-19H2,2-7H3/t22-,23+,25-/m1/s1. The molecule has 0 radical (unpaired) electrons. The molecule has 0 saturated carbocycles. The Morgan fingerprint density at radius 2 is 1.28 bits per heavy atom. The maximum absolute atomic E-state index is 4.49. The molecule has 0 bridgehead atoms. The van der Waals surface area contributed by atoms with Crippen molar-refractivity contribution < 1.29 is 0 Å². The first kappa shape index (κ1) is 24.5. The monoisotopic (exact) mass is 348 g/mol. The van der Waals surface area contributed by atoms with Gasteiger partial charge in [0.05, 0.1) is 0 Å². The fourth-order valence-corrected chi connectivity index (χ4v) is 3.58. The molecule has 3 atom stereocenters. The van der Waals surface area contributed by atoms with Gasteiger partial charge < -0.3 is 0 Å². The van der Waals surface area contributed by atoms with E-state index in [1.807, 2.05) is 0 Å². The van der Waals surface area contributed by atoms with Crippen molar-refractivity contribution in [2.24, 2.45) is 29.6 Å². The Labute approximate surface area is 160 Å². The van der Waals surface area contributed by atoms with Crippen molar-refractivity contribution in [3.63, 3.8) is 0 Å². The lowest BCUT2D eigenvalue weighted by molar-refractivity contribution is 0.372. The summed E-state index contributed by atoms with van der Waals surface area (Å²) in [6.45, 7) is 22.5. The Kier molecular flexibility index (Phi) is 14.3. The lowest BCUT2D eigenvalue weighted by Crippen LogP contribution is -2.09. The maximum Gasteiger partial charge on any atom is -0.0206 e. The van der Waals surface area contributed by atoms with Crippen LogP contribution in [0.3, 0.4) is 0 Å². The summed E-state index contributed by atoms with van der Waals surface area (Å²) in [6, 6.07) is 0. The smallest absolute Gasteiger partial charge is 0.0206 e. The Bertz CT molecular complexity index is 336. The van der Waals surface area contributed by atoms with Gasteiger partial charge in [-0.25, -0.2) is 0 Å². The first-order chi connectivity index (χ1) is 11.8. The van der Waals surface area contributed by atoms with Gasteiger partial charge in [0.1, 0.15) is 0 Å². The third-order valence-electron chi connectivity index (χ3n) is 5.72. The van der Waals surface area contributed by atoms with E-state index in [1.165, 1.54) is 69.8 Å². The summed E-state index contributed by atoms with van der Waals surface area (Å²) in [5.41, 5.74) is 1.52. The predicted molar refractivity (Wildman–Crippen MR) is 117 cm³/mol. The van der Waals surface area contributed by atoms with Crippen LogP contribution in [0.1, 0.15) is 106 Å². The SMILES string of the molecule is C=C[C@@H](C)CC[C@H](CC[C@@H](C)CCCC(C)C)C(=C)CCCC(C)C. The minimum absolute atomic E-state index is 0.634. The van der Waals surface area contributed by atoms with Crippen molar-refractivity contribution in [1.29, 1.82) is 0 Å². The van der Waals surface area contributed by atoms with E-state index in [1.54, 1.807) is 0 Å². The summed E-state index contributed by atoms with van der Waals surface area (Å²) in [6.07, 6.45) is 15.4. The molecule has 0 N–H and O–H groups in total. The zero-order chi connectivity index (χ0) is 19.2. The van der Waals surface area contributed by atoms with E-state index in [9.17, 15) is 0 Å². The van der Waals surface area contributed by atoms with Crippen LogP contribution in [-0.4, -0.2) is 0 Å². The molecule has 25 heavy (non-hydrogen) atoms. The van der Waals surface area contributed by atoms with Gasteiger partial charge >= 0.3 is 0 Å². The molecule has 0 unspecified atom stereocenters. The third-order valence-corrected chi connectivity index (χ3v) is 5.72. The molecule has 0 fully saturated rings. The average molecular weight is 349 g/mol. The molecule has 0 heterocycles. The summed E-state index contributed by atoms with van der Waals surface area (Å²) in [5.74, 6) is 3.88. The van der Waals surface area contributed by atoms with Crippen LogP contribution >= 0.6 is 0 Å². The molecule has 0 aromatic rings. The number of rotatable bonds is 16. The van der Waals surface area contributed by atoms with Gasteiger partial charge in [-0.05, 0) is 61.7 Å². The number of allylic oxidation sites excluding steroid dienone is 2. The van der Waals surface area contributed by atoms with E-state index < -0.39 is 0 Å². The average Bonchev–Trinajstić information content (AvgIpc) is 2.53. The minimum Gasteiger partial charge on any atom is -0.103 e. The van der Waals surface area contributed by atoms with Crippen LogP contribution in [0.25, 0.3) is 0 Å². The Balaban J connectivity index is 4.36. The second-order valence-corrected chi connectivity index (χ2v) is 9.44. The van der Waals surface area contributed by atoms with Crippen molar-refractivity contribution in [1.82, 2.24) is 0 Å². The lowest BCUT2D eigenvalue weighted by atomic mass is 9.83. The van der Waals surface area contributed by atoms with Crippen LogP contribution in [0, 0.1) is 29.6 Å². The normalized spacial score (nSPS) is 15.4. The molecule has 0 aromatic heterocycles. The largest absolute Gasteiger partial charge is 0.103 e. The topological polar surface area (TPSA) is 0 Å². The number of hydrogen-bond donors (Lipinski definition) is 0. The molecule has 0 heteroatoms. The Hall–Kier alpha value is -0.520. The highest BCUT2D eigenvalue weighted by molar-refractivity contribution is 5.01. The van der Waals surface area contributed by atoms with E-state index in [4.69, 9.17) is 0 Å². The Morgan fingerprint density at radius 1 is 0.720 bits per heavy atom. The van der Waals surface area contributed by atoms with Gasteiger partial charge in [-0.2, -0.15) is 0 Å². The van der Waals surface area contributed by atoms with Crippen LogP contribution in [-0.2, 0) is 0 Å². The molecule has 0 rings (SSSR count). The van der Waals surface area contributed by atoms with Crippen molar-refractivity contribution in [3.8, 4) is 0 Å². The van der Waals surface area contributed by atoms with Crippen molar-refractivity contribution in [2.45, 2.75) is 106 Å². The molecule has 0 aliphatic rings. The molecule has 0 saturated heterocycles. The maximum atomic E-state index is 4.49. The zero-order valence-electron chi connectivity index (χ0n) is 18.4. The van der Waals surface area contributed by atoms with E-state index >= 15 is 0 Å². The molecule has 148 valence electrons. The highest BCUT2D eigenvalue weighted by atomic mass is 14.2. The van der Waals surface area contributed by atoms with E-state index in [0.717, 1.165) is 23.7 Å². The van der Waals surface area contributed by atoms with Crippen LogP contribution < -0.4 is 0 Å². The molecular weight excluding hydrogens is 300 g/mol. The molecule has 0 aliphatic carbocycles. The second kappa shape index (κ2) is 14.6. The van der Waals surface area contributed by atoms with Gasteiger partial charge in [-0.3, -0.25) is 0 Å². The molecule has 0 aromatic carbocycles. The summed E-state index contributed by atoms with van der Waals surface area (Å²) in [5, 5.41) is 0. The first-order valence-electron chi connectivity index (χ1n) is 11.1. The summed E-state index contributed by atoms with van der Waals surface area (Å²) < 4.78 is 0. The van der Waals surface area contributed by atoms with E-state index in [0.29, 0.717) is 5.92 Å². The number of hydrogen-bond acceptors (Lipinski definition) is 0. The first-order valence-corrected chi connectivity index (χ1v) is 11.1. The van der Waals surface area contributed by atoms with Crippen molar-refractivity contribution in [2.75, 3.05) is 0 Å². The zero-order valence-corrected chi connectivity index (χ0v) is 18.4. The highest BCUT2D eigenvalue weighted by Gasteiger charge is 2.15. The van der Waals surface area contributed by atoms with Gasteiger partial charge in [-0.15, -0.1) is 6.58 Å². The quantitative estimate of drug-likeness (QED) is 0.244. The second-order valence-electron chi connectivity index (χ2n) is 9.44. The van der Waals surface area contributed by atoms with Gasteiger partial charge in [0, 0.05) is 0 Å². The van der Waals surface area contributed by atoms with Crippen LogP contribution in [0.5, 0.6) is 0 Å². The minimum atomic E-state index is 0.634. The fraction of sp³-hybridized carbons (Fsp3) is 0.840. The van der Waals surface area contributed by atoms with Gasteiger partial charge in [0.15, 0.2) is 0 Å². The third kappa shape index (κ3) is 14.3. The van der Waals surface area contributed by atoms with Gasteiger partial charge in [0.2, 0.25) is 0 Å². The van der Waals surface area contributed by atoms with Crippen LogP contribution in [0.4, 0.5) is 0 Å². The molecule has 0 amide bonds. The summed E-state index contributed by atoms with van der Waals surface area (Å²) in [4.78, 5) is 0. The van der Waals surface area contributed by atoms with E-state index in [2.05, 4.69) is 60.8 Å². The summed E-state index contributed by atoms with van der Waals surface area (Å²) >= 11 is 0. The van der Waals surface area contributed by atoms with Gasteiger partial charge in [-0.1, -0.05) is 91.9 Å². The lowest BCUT2D eigenvalue weighted by Gasteiger charge is -2.23. The van der Waals surface area contributed by atoms with Gasteiger partial charge in [0.25, 0.3) is 0 Å². The molecular formula is C25H48.